The monoisotopic (exact) mass is 328 g/mol. The van der Waals surface area contributed by atoms with Crippen LogP contribution in [0.25, 0.3) is 0 Å². The van der Waals surface area contributed by atoms with Crippen molar-refractivity contribution in [3.05, 3.63) is 28.5 Å². The Hall–Kier alpha value is -0.880. The lowest BCUT2D eigenvalue weighted by Gasteiger charge is -2.41. The smallest absolute Gasteiger partial charge is 0.145 e. The molecule has 0 amide bonds. The van der Waals surface area contributed by atoms with Gasteiger partial charge in [0.25, 0.3) is 0 Å². The maximum atomic E-state index is 13.6. The Morgan fingerprint density at radius 2 is 1.95 bits per heavy atom. The molecular formula is C16H22ClFN2O2. The molecule has 1 atom stereocenters. The number of piperazine rings is 1. The Morgan fingerprint density at radius 3 is 2.64 bits per heavy atom. The second-order valence-electron chi connectivity index (χ2n) is 5.98. The zero-order valence-electron chi connectivity index (χ0n) is 12.5. The highest BCUT2D eigenvalue weighted by molar-refractivity contribution is 6.32. The standard InChI is InChI=1S/C16H22ClFN2O2/c17-14-13(18)2-1-12(16(14)21)15(11-3-9-22-10-4-11)20-7-5-19-6-8-20/h1-2,11,15,19,21H,3-10H2/t15-/m0/s1. The number of ether oxygens (including phenoxy) is 1. The molecule has 2 aliphatic rings. The Kier molecular flexibility index (Phi) is 5.18. The largest absolute Gasteiger partial charge is 0.506 e. The number of nitrogens with one attached hydrogen (secondary N) is 1. The molecule has 0 radical (unpaired) electrons. The second-order valence-corrected chi connectivity index (χ2v) is 6.36. The summed E-state index contributed by atoms with van der Waals surface area (Å²) < 4.78 is 19.0. The Bertz CT molecular complexity index is 499. The highest BCUT2D eigenvalue weighted by Crippen LogP contribution is 2.42. The third-order valence-electron chi connectivity index (χ3n) is 4.68. The van der Waals surface area contributed by atoms with Crippen LogP contribution in [0.1, 0.15) is 24.4 Å². The Balaban J connectivity index is 1.94. The lowest BCUT2D eigenvalue weighted by Crippen LogP contribution is -2.47. The minimum Gasteiger partial charge on any atom is -0.506 e. The summed E-state index contributed by atoms with van der Waals surface area (Å²) in [7, 11) is 0. The van der Waals surface area contributed by atoms with Gasteiger partial charge in [0.2, 0.25) is 0 Å². The van der Waals surface area contributed by atoms with Gasteiger partial charge < -0.3 is 15.2 Å². The van der Waals surface area contributed by atoms with E-state index in [4.69, 9.17) is 16.3 Å². The summed E-state index contributed by atoms with van der Waals surface area (Å²) in [6.07, 6.45) is 1.89. The molecule has 2 fully saturated rings. The normalized spacial score (nSPS) is 22.6. The van der Waals surface area contributed by atoms with Crippen LogP contribution in [0, 0.1) is 11.7 Å². The fraction of sp³-hybridized carbons (Fsp3) is 0.625. The van der Waals surface area contributed by atoms with Gasteiger partial charge >= 0.3 is 0 Å². The van der Waals surface area contributed by atoms with Crippen LogP contribution in [-0.2, 0) is 4.74 Å². The van der Waals surface area contributed by atoms with Crippen LogP contribution in [0.4, 0.5) is 4.39 Å². The van der Waals surface area contributed by atoms with Gasteiger partial charge in [0.1, 0.15) is 16.6 Å². The maximum absolute atomic E-state index is 13.6. The minimum atomic E-state index is -0.575. The third kappa shape index (κ3) is 3.23. The number of hydrogen-bond donors (Lipinski definition) is 2. The Morgan fingerprint density at radius 1 is 1.27 bits per heavy atom. The molecule has 4 nitrogen and oxygen atoms in total. The molecule has 22 heavy (non-hydrogen) atoms. The molecule has 3 rings (SSSR count). The van der Waals surface area contributed by atoms with Crippen molar-refractivity contribution in [1.82, 2.24) is 10.2 Å². The van der Waals surface area contributed by atoms with E-state index in [-0.39, 0.29) is 16.8 Å². The van der Waals surface area contributed by atoms with E-state index < -0.39 is 5.82 Å². The summed E-state index contributed by atoms with van der Waals surface area (Å²) in [5, 5.41) is 13.5. The summed E-state index contributed by atoms with van der Waals surface area (Å²) >= 11 is 5.92. The van der Waals surface area contributed by atoms with Crippen LogP contribution in [0.3, 0.4) is 0 Å². The van der Waals surface area contributed by atoms with Crippen molar-refractivity contribution in [1.29, 1.82) is 0 Å². The number of aromatic hydroxyl groups is 1. The van der Waals surface area contributed by atoms with Gasteiger partial charge in [-0.05, 0) is 24.8 Å². The van der Waals surface area contributed by atoms with Gasteiger partial charge in [-0.2, -0.15) is 0 Å². The van der Waals surface area contributed by atoms with E-state index in [1.165, 1.54) is 6.07 Å². The fourth-order valence-electron chi connectivity index (χ4n) is 3.53. The highest BCUT2D eigenvalue weighted by atomic mass is 35.5. The summed E-state index contributed by atoms with van der Waals surface area (Å²) in [6.45, 7) is 5.16. The van der Waals surface area contributed by atoms with Crippen molar-refractivity contribution in [3.63, 3.8) is 0 Å². The highest BCUT2D eigenvalue weighted by Gasteiger charge is 2.33. The van der Waals surface area contributed by atoms with Crippen molar-refractivity contribution in [2.75, 3.05) is 39.4 Å². The fourth-order valence-corrected chi connectivity index (χ4v) is 3.71. The number of phenols is 1. The molecule has 1 aromatic carbocycles. The molecule has 1 aromatic rings. The van der Waals surface area contributed by atoms with E-state index in [0.29, 0.717) is 5.92 Å². The van der Waals surface area contributed by atoms with Gasteiger partial charge in [-0.25, -0.2) is 4.39 Å². The summed E-state index contributed by atoms with van der Waals surface area (Å²) in [6, 6.07) is 3.09. The SMILES string of the molecule is Oc1c([C@H](C2CCOCC2)N2CCNCC2)ccc(F)c1Cl. The lowest BCUT2D eigenvalue weighted by atomic mass is 9.85. The summed E-state index contributed by atoms with van der Waals surface area (Å²) in [5.74, 6) is -0.301. The van der Waals surface area contributed by atoms with E-state index in [1.54, 1.807) is 6.07 Å². The molecule has 6 heteroatoms. The average Bonchev–Trinajstić information content (AvgIpc) is 2.57. The van der Waals surface area contributed by atoms with Gasteiger partial charge in [-0.15, -0.1) is 0 Å². The minimum absolute atomic E-state index is 0.0594. The first-order chi connectivity index (χ1) is 10.7. The van der Waals surface area contributed by atoms with E-state index in [2.05, 4.69) is 10.2 Å². The van der Waals surface area contributed by atoms with Crippen LogP contribution in [0.5, 0.6) is 5.75 Å². The van der Waals surface area contributed by atoms with Crippen LogP contribution in [-0.4, -0.2) is 49.4 Å². The lowest BCUT2D eigenvalue weighted by molar-refractivity contribution is 0.0206. The topological polar surface area (TPSA) is 44.7 Å². The van der Waals surface area contributed by atoms with E-state index in [0.717, 1.165) is 57.8 Å². The molecule has 122 valence electrons. The van der Waals surface area contributed by atoms with Gasteiger partial charge in [-0.3, -0.25) is 4.90 Å². The predicted molar refractivity (Wildman–Crippen MR) is 83.8 cm³/mol. The number of rotatable bonds is 3. The van der Waals surface area contributed by atoms with Crippen LogP contribution >= 0.6 is 11.6 Å². The van der Waals surface area contributed by atoms with Gasteiger partial charge in [0.05, 0.1) is 0 Å². The quantitative estimate of drug-likeness (QED) is 0.895. The average molecular weight is 329 g/mol. The van der Waals surface area contributed by atoms with E-state index in [1.807, 2.05) is 0 Å². The summed E-state index contributed by atoms with van der Waals surface area (Å²) in [4.78, 5) is 2.37. The molecular weight excluding hydrogens is 307 g/mol. The van der Waals surface area contributed by atoms with Crippen molar-refractivity contribution >= 4 is 11.6 Å². The zero-order chi connectivity index (χ0) is 15.5. The number of phenolic OH excluding ortho intramolecular Hbond substituents is 1. The van der Waals surface area contributed by atoms with Gasteiger partial charge in [0, 0.05) is 51.0 Å². The molecule has 0 bridgehead atoms. The number of hydrogen-bond acceptors (Lipinski definition) is 4. The molecule has 2 saturated heterocycles. The number of nitrogens with zero attached hydrogens (tertiary/aromatic N) is 1. The van der Waals surface area contributed by atoms with Crippen LogP contribution in [0.15, 0.2) is 12.1 Å². The number of benzene rings is 1. The van der Waals surface area contributed by atoms with Crippen LogP contribution in [0.2, 0.25) is 5.02 Å². The third-order valence-corrected chi connectivity index (χ3v) is 5.04. The first-order valence-corrected chi connectivity index (χ1v) is 8.25. The van der Waals surface area contributed by atoms with Crippen molar-refractivity contribution in [3.8, 4) is 5.75 Å². The predicted octanol–water partition coefficient (Wildman–Crippen LogP) is 2.56. The molecule has 2 heterocycles. The first kappa shape index (κ1) is 16.0. The molecule has 0 aliphatic carbocycles. The van der Waals surface area contributed by atoms with E-state index >= 15 is 0 Å². The zero-order valence-corrected chi connectivity index (χ0v) is 13.3. The van der Waals surface area contributed by atoms with Crippen molar-refractivity contribution < 1.29 is 14.2 Å². The molecule has 2 aliphatic heterocycles. The van der Waals surface area contributed by atoms with Gasteiger partial charge in [0.15, 0.2) is 0 Å². The molecule has 0 aromatic heterocycles. The second kappa shape index (κ2) is 7.13. The van der Waals surface area contributed by atoms with Crippen molar-refractivity contribution in [2.45, 2.75) is 18.9 Å². The molecule has 0 unspecified atom stereocenters. The first-order valence-electron chi connectivity index (χ1n) is 7.88. The molecule has 0 spiro atoms. The van der Waals surface area contributed by atoms with E-state index in [9.17, 15) is 9.50 Å². The molecule has 2 N–H and O–H groups in total. The molecule has 0 saturated carbocycles. The Labute approximate surface area is 135 Å². The van der Waals surface area contributed by atoms with Crippen LogP contribution < -0.4 is 5.32 Å². The number of halogens is 2. The van der Waals surface area contributed by atoms with Gasteiger partial charge in [-0.1, -0.05) is 17.7 Å². The van der Waals surface area contributed by atoms with Crippen molar-refractivity contribution in [2.24, 2.45) is 5.92 Å². The summed E-state index contributed by atoms with van der Waals surface area (Å²) in [5.41, 5.74) is 0.736. The maximum Gasteiger partial charge on any atom is 0.145 e.